The minimum atomic E-state index is -4.64. The Labute approximate surface area is 140 Å². The standard InChI is InChI=1S/C17H13F4NO3/c1-10(25-16(24)11-6-8-12(18)9-7-11)15(23)22-14-5-3-2-4-13(14)17(19,20)21/h2-10H,1H3,(H,22,23). The van der Waals surface area contributed by atoms with E-state index in [2.05, 4.69) is 5.32 Å². The maximum atomic E-state index is 12.9. The van der Waals surface area contributed by atoms with E-state index in [-0.39, 0.29) is 5.56 Å². The Bertz CT molecular complexity index is 772. The van der Waals surface area contributed by atoms with Crippen molar-refractivity contribution in [2.45, 2.75) is 19.2 Å². The molecule has 0 bridgehead atoms. The number of alkyl halides is 3. The predicted octanol–water partition coefficient (Wildman–Crippen LogP) is 4.03. The van der Waals surface area contributed by atoms with Crippen LogP contribution in [0.1, 0.15) is 22.8 Å². The minimum Gasteiger partial charge on any atom is -0.449 e. The summed E-state index contributed by atoms with van der Waals surface area (Å²) in [5.41, 5.74) is -1.44. The maximum Gasteiger partial charge on any atom is 0.418 e. The zero-order valence-corrected chi connectivity index (χ0v) is 12.9. The maximum absolute atomic E-state index is 12.9. The fourth-order valence-electron chi connectivity index (χ4n) is 1.94. The van der Waals surface area contributed by atoms with E-state index in [1.165, 1.54) is 31.2 Å². The molecule has 0 aliphatic rings. The Balaban J connectivity index is 2.06. The van der Waals surface area contributed by atoms with Crippen LogP contribution in [0.25, 0.3) is 0 Å². The van der Waals surface area contributed by atoms with Gasteiger partial charge in [-0.1, -0.05) is 12.1 Å². The number of carbonyl (C=O) groups is 2. The Morgan fingerprint density at radius 3 is 2.24 bits per heavy atom. The number of nitrogens with one attached hydrogen (secondary N) is 1. The molecule has 1 atom stereocenters. The molecule has 0 saturated carbocycles. The van der Waals surface area contributed by atoms with Crippen LogP contribution < -0.4 is 5.32 Å². The van der Waals surface area contributed by atoms with Crippen LogP contribution in [0.4, 0.5) is 23.2 Å². The van der Waals surface area contributed by atoms with Gasteiger partial charge in [-0.25, -0.2) is 9.18 Å². The highest BCUT2D eigenvalue weighted by Crippen LogP contribution is 2.34. The molecule has 8 heteroatoms. The summed E-state index contributed by atoms with van der Waals surface area (Å²) in [5.74, 6) is -2.37. The molecule has 2 aromatic carbocycles. The largest absolute Gasteiger partial charge is 0.449 e. The van der Waals surface area contributed by atoms with Gasteiger partial charge in [-0.05, 0) is 43.3 Å². The van der Waals surface area contributed by atoms with Gasteiger partial charge < -0.3 is 10.1 Å². The third-order valence-corrected chi connectivity index (χ3v) is 3.22. The van der Waals surface area contributed by atoms with Crippen LogP contribution in [0.15, 0.2) is 48.5 Å². The Kier molecular flexibility index (Phi) is 5.41. The molecule has 1 N–H and O–H groups in total. The molecule has 0 radical (unpaired) electrons. The lowest BCUT2D eigenvalue weighted by atomic mass is 10.1. The molecule has 25 heavy (non-hydrogen) atoms. The molecule has 2 aromatic rings. The van der Waals surface area contributed by atoms with E-state index in [4.69, 9.17) is 4.74 Å². The summed E-state index contributed by atoms with van der Waals surface area (Å²) in [4.78, 5) is 23.8. The quantitative estimate of drug-likeness (QED) is 0.666. The van der Waals surface area contributed by atoms with Crippen LogP contribution in [0.2, 0.25) is 0 Å². The first-order chi connectivity index (χ1) is 11.7. The first-order valence-corrected chi connectivity index (χ1v) is 7.12. The van der Waals surface area contributed by atoms with Gasteiger partial charge in [-0.15, -0.1) is 0 Å². The van der Waals surface area contributed by atoms with Crippen molar-refractivity contribution in [3.63, 3.8) is 0 Å². The summed E-state index contributed by atoms with van der Waals surface area (Å²) >= 11 is 0. The minimum absolute atomic E-state index is 0.0109. The van der Waals surface area contributed by atoms with E-state index < -0.39 is 41.2 Å². The fraction of sp³-hybridized carbons (Fsp3) is 0.176. The Hall–Kier alpha value is -2.90. The Morgan fingerprint density at radius 2 is 1.64 bits per heavy atom. The Morgan fingerprint density at radius 1 is 1.04 bits per heavy atom. The van der Waals surface area contributed by atoms with Crippen molar-refractivity contribution >= 4 is 17.6 Å². The average molecular weight is 355 g/mol. The number of amides is 1. The van der Waals surface area contributed by atoms with Crippen LogP contribution in [-0.2, 0) is 15.7 Å². The van der Waals surface area contributed by atoms with Gasteiger partial charge >= 0.3 is 12.1 Å². The molecule has 4 nitrogen and oxygen atoms in total. The van der Waals surface area contributed by atoms with Gasteiger partial charge in [0.2, 0.25) is 0 Å². The summed E-state index contributed by atoms with van der Waals surface area (Å²) in [5, 5.41) is 2.09. The summed E-state index contributed by atoms with van der Waals surface area (Å²) in [7, 11) is 0. The molecule has 1 amide bonds. The number of hydrogen-bond acceptors (Lipinski definition) is 3. The highest BCUT2D eigenvalue weighted by atomic mass is 19.4. The highest BCUT2D eigenvalue weighted by Gasteiger charge is 2.34. The van der Waals surface area contributed by atoms with Gasteiger partial charge in [0.15, 0.2) is 6.10 Å². The monoisotopic (exact) mass is 355 g/mol. The number of rotatable bonds is 4. The van der Waals surface area contributed by atoms with Gasteiger partial charge in [0, 0.05) is 0 Å². The van der Waals surface area contributed by atoms with Gasteiger partial charge in [0.05, 0.1) is 16.8 Å². The van der Waals surface area contributed by atoms with Crippen molar-refractivity contribution in [3.05, 3.63) is 65.5 Å². The molecule has 0 aliphatic heterocycles. The molecular formula is C17H13F4NO3. The predicted molar refractivity (Wildman–Crippen MR) is 81.4 cm³/mol. The number of esters is 1. The number of hydrogen-bond donors (Lipinski definition) is 1. The van der Waals surface area contributed by atoms with E-state index in [9.17, 15) is 27.2 Å². The van der Waals surface area contributed by atoms with Crippen molar-refractivity contribution in [1.29, 1.82) is 0 Å². The first kappa shape index (κ1) is 18.4. The van der Waals surface area contributed by atoms with Crippen LogP contribution in [0, 0.1) is 5.82 Å². The van der Waals surface area contributed by atoms with E-state index in [0.717, 1.165) is 24.3 Å². The van der Waals surface area contributed by atoms with Crippen LogP contribution in [0.5, 0.6) is 0 Å². The van der Waals surface area contributed by atoms with Crippen LogP contribution in [0.3, 0.4) is 0 Å². The lowest BCUT2D eigenvalue weighted by Crippen LogP contribution is -2.30. The number of ether oxygens (including phenoxy) is 1. The number of carbonyl (C=O) groups excluding carboxylic acids is 2. The molecule has 0 saturated heterocycles. The lowest BCUT2D eigenvalue weighted by Gasteiger charge is -2.16. The zero-order valence-electron chi connectivity index (χ0n) is 12.9. The number of anilines is 1. The van der Waals surface area contributed by atoms with E-state index in [0.29, 0.717) is 0 Å². The van der Waals surface area contributed by atoms with Crippen molar-refractivity contribution in [3.8, 4) is 0 Å². The lowest BCUT2D eigenvalue weighted by molar-refractivity contribution is -0.137. The van der Waals surface area contributed by atoms with Crippen molar-refractivity contribution < 1.29 is 31.9 Å². The molecule has 132 valence electrons. The molecular weight excluding hydrogens is 342 g/mol. The first-order valence-electron chi connectivity index (χ1n) is 7.12. The van der Waals surface area contributed by atoms with Gasteiger partial charge in [-0.3, -0.25) is 4.79 Å². The molecule has 2 rings (SSSR count). The second kappa shape index (κ2) is 7.33. The van der Waals surface area contributed by atoms with Crippen molar-refractivity contribution in [1.82, 2.24) is 0 Å². The third-order valence-electron chi connectivity index (χ3n) is 3.22. The normalized spacial score (nSPS) is 12.4. The zero-order chi connectivity index (χ0) is 18.6. The van der Waals surface area contributed by atoms with Crippen LogP contribution in [-0.4, -0.2) is 18.0 Å². The molecule has 1 unspecified atom stereocenters. The van der Waals surface area contributed by atoms with E-state index in [1.807, 2.05) is 0 Å². The van der Waals surface area contributed by atoms with Crippen molar-refractivity contribution in [2.75, 3.05) is 5.32 Å². The van der Waals surface area contributed by atoms with Gasteiger partial charge in [0.25, 0.3) is 5.91 Å². The smallest absolute Gasteiger partial charge is 0.418 e. The number of halogens is 4. The fourth-order valence-corrected chi connectivity index (χ4v) is 1.94. The third kappa shape index (κ3) is 4.79. The second-order valence-electron chi connectivity index (χ2n) is 5.09. The molecule has 0 fully saturated rings. The average Bonchev–Trinajstić information content (AvgIpc) is 2.54. The summed E-state index contributed by atoms with van der Waals surface area (Å²) < 4.78 is 56.4. The van der Waals surface area contributed by atoms with E-state index in [1.54, 1.807) is 0 Å². The summed E-state index contributed by atoms with van der Waals surface area (Å²) in [6.07, 6.45) is -5.99. The second-order valence-corrected chi connectivity index (χ2v) is 5.09. The van der Waals surface area contributed by atoms with E-state index >= 15 is 0 Å². The molecule has 0 spiro atoms. The SMILES string of the molecule is CC(OC(=O)c1ccc(F)cc1)C(=O)Nc1ccccc1C(F)(F)F. The highest BCUT2D eigenvalue weighted by molar-refractivity contribution is 5.97. The molecule has 0 heterocycles. The number of benzene rings is 2. The molecule has 0 aliphatic carbocycles. The summed E-state index contributed by atoms with van der Waals surface area (Å²) in [6, 6.07) is 8.86. The summed E-state index contributed by atoms with van der Waals surface area (Å²) in [6.45, 7) is 1.22. The van der Waals surface area contributed by atoms with Crippen molar-refractivity contribution in [2.24, 2.45) is 0 Å². The van der Waals surface area contributed by atoms with Gasteiger partial charge in [-0.2, -0.15) is 13.2 Å². The molecule has 0 aromatic heterocycles. The number of para-hydroxylation sites is 1. The topological polar surface area (TPSA) is 55.4 Å². The van der Waals surface area contributed by atoms with Crippen LogP contribution >= 0.6 is 0 Å². The van der Waals surface area contributed by atoms with Gasteiger partial charge in [0.1, 0.15) is 5.82 Å².